The molecule has 0 aliphatic heterocycles. The number of hydrogen-bond acceptors (Lipinski definition) is 5. The second-order valence-electron chi connectivity index (χ2n) is 7.65. The Labute approximate surface area is 153 Å². The van der Waals surface area contributed by atoms with Crippen molar-refractivity contribution in [3.8, 4) is 17.2 Å². The lowest BCUT2D eigenvalue weighted by Crippen LogP contribution is -2.19. The quantitative estimate of drug-likeness (QED) is 0.842. The molecule has 0 unspecified atom stereocenters. The number of fused-ring (bicyclic) bond motifs is 3. The summed E-state index contributed by atoms with van der Waals surface area (Å²) in [7, 11) is 4.60. The van der Waals surface area contributed by atoms with Gasteiger partial charge < -0.3 is 14.2 Å². The van der Waals surface area contributed by atoms with Gasteiger partial charge in [0.1, 0.15) is 0 Å². The molecular formula is C20H24N2O4. The minimum absolute atomic E-state index is 0.203. The summed E-state index contributed by atoms with van der Waals surface area (Å²) in [6.07, 6.45) is 0.898. The third-order valence-electron chi connectivity index (χ3n) is 6.11. The molecule has 1 aromatic carbocycles. The van der Waals surface area contributed by atoms with Crippen LogP contribution in [0.15, 0.2) is 12.1 Å². The number of carbonyl (C=O) groups is 1. The Kier molecular flexibility index (Phi) is 3.58. The highest BCUT2D eigenvalue weighted by Crippen LogP contribution is 2.70. The van der Waals surface area contributed by atoms with Gasteiger partial charge in [-0.2, -0.15) is 5.10 Å². The molecule has 2 aliphatic carbocycles. The van der Waals surface area contributed by atoms with Gasteiger partial charge in [-0.15, -0.1) is 0 Å². The predicted molar refractivity (Wildman–Crippen MR) is 96.5 cm³/mol. The van der Waals surface area contributed by atoms with Crippen LogP contribution >= 0.6 is 0 Å². The van der Waals surface area contributed by atoms with Crippen molar-refractivity contribution in [2.45, 2.75) is 33.1 Å². The minimum atomic E-state index is -0.203. The molecular weight excluding hydrogens is 332 g/mol. The zero-order valence-electron chi connectivity index (χ0n) is 16.0. The first-order valence-corrected chi connectivity index (χ1v) is 8.78. The van der Waals surface area contributed by atoms with E-state index < -0.39 is 0 Å². The van der Waals surface area contributed by atoms with Crippen LogP contribution in [0.5, 0.6) is 17.2 Å². The van der Waals surface area contributed by atoms with Crippen LogP contribution in [-0.2, 0) is 6.42 Å². The number of aromatic nitrogens is 2. The van der Waals surface area contributed by atoms with Crippen molar-refractivity contribution in [3.63, 3.8) is 0 Å². The lowest BCUT2D eigenvalue weighted by molar-refractivity contribution is 0.0937. The molecule has 2 aromatic rings. The Morgan fingerprint density at radius 1 is 1.15 bits per heavy atom. The normalized spacial score (nSPS) is 21.8. The Hall–Kier alpha value is -2.50. The Balaban J connectivity index is 1.80. The molecule has 138 valence electrons. The molecule has 0 amide bonds. The summed E-state index contributed by atoms with van der Waals surface area (Å²) in [5, 5.41) is 4.56. The fourth-order valence-corrected chi connectivity index (χ4v) is 4.65. The lowest BCUT2D eigenvalue weighted by atomic mass is 9.98. The van der Waals surface area contributed by atoms with Gasteiger partial charge in [0.05, 0.1) is 38.3 Å². The van der Waals surface area contributed by atoms with Crippen LogP contribution in [0.1, 0.15) is 47.1 Å². The molecule has 1 heterocycles. The fraction of sp³-hybridized carbons (Fsp3) is 0.500. The van der Waals surface area contributed by atoms with Gasteiger partial charge in [0.25, 0.3) is 5.91 Å². The maximum absolute atomic E-state index is 13.3. The third-order valence-corrected chi connectivity index (χ3v) is 6.11. The van der Waals surface area contributed by atoms with Gasteiger partial charge in [-0.3, -0.25) is 4.79 Å². The van der Waals surface area contributed by atoms with E-state index in [1.54, 1.807) is 23.9 Å². The third kappa shape index (κ3) is 2.04. The van der Waals surface area contributed by atoms with Crippen molar-refractivity contribution in [2.24, 2.45) is 11.3 Å². The van der Waals surface area contributed by atoms with E-state index in [9.17, 15) is 4.79 Å². The van der Waals surface area contributed by atoms with Crippen LogP contribution in [0.4, 0.5) is 0 Å². The number of benzene rings is 1. The topological polar surface area (TPSA) is 62.6 Å². The number of methoxy groups -OCH3 is 3. The number of rotatable bonds is 4. The molecule has 6 heteroatoms. The van der Waals surface area contributed by atoms with Gasteiger partial charge in [0.2, 0.25) is 5.75 Å². The molecule has 0 radical (unpaired) electrons. The molecule has 4 rings (SSSR count). The molecule has 2 atom stereocenters. The van der Waals surface area contributed by atoms with Gasteiger partial charge in [0.15, 0.2) is 11.5 Å². The van der Waals surface area contributed by atoms with Gasteiger partial charge in [-0.1, -0.05) is 13.8 Å². The summed E-state index contributed by atoms with van der Waals surface area (Å²) in [6.45, 7) is 6.58. The van der Waals surface area contributed by atoms with Gasteiger partial charge in [0, 0.05) is 5.56 Å². The number of hydrogen-bond donors (Lipinski definition) is 0. The first-order chi connectivity index (χ1) is 12.4. The van der Waals surface area contributed by atoms with E-state index in [1.165, 1.54) is 19.8 Å². The summed E-state index contributed by atoms with van der Waals surface area (Å²) in [5.74, 6) is 2.22. The van der Waals surface area contributed by atoms with Gasteiger partial charge in [-0.05, 0) is 42.7 Å². The van der Waals surface area contributed by atoms with Gasteiger partial charge >= 0.3 is 0 Å². The molecule has 1 saturated carbocycles. The highest BCUT2D eigenvalue weighted by atomic mass is 16.5. The van der Waals surface area contributed by atoms with Crippen LogP contribution in [0.25, 0.3) is 0 Å². The predicted octanol–water partition coefficient (Wildman–Crippen LogP) is 3.20. The smallest absolute Gasteiger partial charge is 0.282 e. The van der Waals surface area contributed by atoms with Crippen molar-refractivity contribution in [2.75, 3.05) is 21.3 Å². The average molecular weight is 356 g/mol. The van der Waals surface area contributed by atoms with Crippen LogP contribution in [0.2, 0.25) is 0 Å². The first kappa shape index (κ1) is 16.9. The van der Waals surface area contributed by atoms with E-state index in [4.69, 9.17) is 14.2 Å². The summed E-state index contributed by atoms with van der Waals surface area (Å²) < 4.78 is 17.7. The van der Waals surface area contributed by atoms with E-state index in [0.717, 1.165) is 17.8 Å². The van der Waals surface area contributed by atoms with E-state index in [0.29, 0.717) is 40.1 Å². The standard InChI is InChI=1S/C20H24N2O4/c1-10-15-13(9-12-16(15)20(12,2)3)22(21-10)19(23)11-7-8-14(24-4)18(26-6)17(11)25-5/h7-8,12,16H,9H2,1-6H3/t12-,16+/m0/s1. The molecule has 0 saturated heterocycles. The van der Waals surface area contributed by atoms with Gasteiger partial charge in [-0.25, -0.2) is 4.68 Å². The first-order valence-electron chi connectivity index (χ1n) is 8.78. The molecule has 0 spiro atoms. The largest absolute Gasteiger partial charge is 0.493 e. The number of ether oxygens (including phenoxy) is 3. The Bertz CT molecular complexity index is 913. The van der Waals surface area contributed by atoms with Crippen molar-refractivity contribution in [1.29, 1.82) is 0 Å². The molecule has 1 aromatic heterocycles. The second-order valence-corrected chi connectivity index (χ2v) is 7.65. The van der Waals surface area contributed by atoms with E-state index in [-0.39, 0.29) is 5.91 Å². The molecule has 6 nitrogen and oxygen atoms in total. The van der Waals surface area contributed by atoms with Crippen LogP contribution in [-0.4, -0.2) is 37.0 Å². The maximum atomic E-state index is 13.3. The van der Waals surface area contributed by atoms with Crippen LogP contribution in [0.3, 0.4) is 0 Å². The summed E-state index contributed by atoms with van der Waals surface area (Å²) in [4.78, 5) is 13.3. The number of nitrogens with zero attached hydrogens (tertiary/aromatic N) is 2. The molecule has 1 fully saturated rings. The van der Waals surface area contributed by atoms with Crippen molar-refractivity contribution >= 4 is 5.91 Å². The van der Waals surface area contributed by atoms with Crippen molar-refractivity contribution in [3.05, 3.63) is 34.6 Å². The van der Waals surface area contributed by atoms with Crippen LogP contribution < -0.4 is 14.2 Å². The maximum Gasteiger partial charge on any atom is 0.282 e. The molecule has 26 heavy (non-hydrogen) atoms. The SMILES string of the molecule is COc1ccc(C(=O)n2nc(C)c3c2C[C@H]2[C@H]3C2(C)C)c(OC)c1OC. The fourth-order valence-electron chi connectivity index (χ4n) is 4.65. The number of carbonyl (C=O) groups excluding carboxylic acids is 1. The molecule has 0 bridgehead atoms. The Morgan fingerprint density at radius 2 is 1.85 bits per heavy atom. The summed E-state index contributed by atoms with van der Waals surface area (Å²) >= 11 is 0. The average Bonchev–Trinajstić information content (AvgIpc) is 2.98. The Morgan fingerprint density at radius 3 is 2.46 bits per heavy atom. The highest BCUT2D eigenvalue weighted by Gasteiger charge is 2.64. The second kappa shape index (κ2) is 5.50. The molecule has 0 N–H and O–H groups in total. The highest BCUT2D eigenvalue weighted by molar-refractivity contribution is 6.00. The van der Waals surface area contributed by atoms with Crippen molar-refractivity contribution < 1.29 is 19.0 Å². The number of aryl methyl sites for hydroxylation is 1. The zero-order chi connectivity index (χ0) is 18.8. The van der Waals surface area contributed by atoms with E-state index in [2.05, 4.69) is 18.9 Å². The lowest BCUT2D eigenvalue weighted by Gasteiger charge is -2.16. The zero-order valence-corrected chi connectivity index (χ0v) is 16.0. The molecule has 2 aliphatic rings. The monoisotopic (exact) mass is 356 g/mol. The van der Waals surface area contributed by atoms with Crippen LogP contribution in [0, 0.1) is 18.3 Å². The minimum Gasteiger partial charge on any atom is -0.493 e. The van der Waals surface area contributed by atoms with E-state index in [1.807, 2.05) is 6.92 Å². The summed E-state index contributed by atoms with van der Waals surface area (Å²) in [5.41, 5.74) is 3.97. The van der Waals surface area contributed by atoms with E-state index >= 15 is 0 Å². The summed E-state index contributed by atoms with van der Waals surface area (Å²) in [6, 6.07) is 3.41. The van der Waals surface area contributed by atoms with Crippen molar-refractivity contribution in [1.82, 2.24) is 9.78 Å².